The molecule has 0 bridgehead atoms. The van der Waals surface area contributed by atoms with E-state index < -0.39 is 6.09 Å². The third kappa shape index (κ3) is 5.82. The summed E-state index contributed by atoms with van der Waals surface area (Å²) in [6.07, 6.45) is -0.590. The molecule has 0 heterocycles. The van der Waals surface area contributed by atoms with Crippen molar-refractivity contribution in [3.63, 3.8) is 0 Å². The highest BCUT2D eigenvalue weighted by Gasteiger charge is 2.08. The van der Waals surface area contributed by atoms with Gasteiger partial charge in [-0.15, -0.1) is 0 Å². The Morgan fingerprint density at radius 3 is 2.36 bits per heavy atom. The van der Waals surface area contributed by atoms with Gasteiger partial charge in [-0.05, 0) is 36.4 Å². The zero-order valence-corrected chi connectivity index (χ0v) is 14.1. The van der Waals surface area contributed by atoms with Crippen molar-refractivity contribution < 1.29 is 23.8 Å². The molecule has 2 rings (SSSR count). The largest absolute Gasteiger partial charge is 0.497 e. The molecule has 2 aromatic carbocycles. The van der Waals surface area contributed by atoms with Crippen molar-refractivity contribution in [1.82, 2.24) is 0 Å². The Morgan fingerprint density at radius 2 is 1.64 bits per heavy atom. The molecule has 2 amide bonds. The van der Waals surface area contributed by atoms with Gasteiger partial charge in [0.05, 0.1) is 13.7 Å². The third-order valence-electron chi connectivity index (χ3n) is 3.22. The van der Waals surface area contributed by atoms with Gasteiger partial charge in [-0.25, -0.2) is 4.79 Å². The molecule has 0 aliphatic heterocycles. The maximum absolute atomic E-state index is 12.3. The summed E-state index contributed by atoms with van der Waals surface area (Å²) in [5.41, 5.74) is 1.52. The van der Waals surface area contributed by atoms with Crippen molar-refractivity contribution in [2.45, 2.75) is 0 Å². The Kier molecular flexibility index (Phi) is 6.79. The van der Waals surface area contributed by atoms with Crippen LogP contribution >= 0.6 is 0 Å². The molecule has 132 valence electrons. The number of carbonyl (C=O) groups is 2. The number of hydrogen-bond donors (Lipinski definition) is 2. The number of carbonyl (C=O) groups excluding carboxylic acids is 2. The van der Waals surface area contributed by atoms with Crippen molar-refractivity contribution in [3.05, 3.63) is 54.1 Å². The van der Waals surface area contributed by atoms with Gasteiger partial charge in [0.1, 0.15) is 12.4 Å². The van der Waals surface area contributed by atoms with Gasteiger partial charge < -0.3 is 19.5 Å². The van der Waals surface area contributed by atoms with Crippen LogP contribution in [-0.4, -0.2) is 39.4 Å². The van der Waals surface area contributed by atoms with Crippen LogP contribution in [0.1, 0.15) is 10.4 Å². The monoisotopic (exact) mass is 344 g/mol. The van der Waals surface area contributed by atoms with Gasteiger partial charge in [0.2, 0.25) is 0 Å². The first kappa shape index (κ1) is 18.3. The Balaban J connectivity index is 1.98. The number of benzene rings is 2. The topological polar surface area (TPSA) is 85.9 Å². The van der Waals surface area contributed by atoms with E-state index in [0.29, 0.717) is 29.3 Å². The molecule has 0 aliphatic rings. The van der Waals surface area contributed by atoms with E-state index in [0.717, 1.165) is 0 Å². The molecule has 7 nitrogen and oxygen atoms in total. The molecule has 0 radical (unpaired) electrons. The van der Waals surface area contributed by atoms with E-state index in [1.165, 1.54) is 14.2 Å². The molecule has 0 unspecified atom stereocenters. The minimum Gasteiger partial charge on any atom is -0.497 e. The van der Waals surface area contributed by atoms with Gasteiger partial charge in [0.25, 0.3) is 5.91 Å². The molecular formula is C18H20N2O5. The Bertz CT molecular complexity index is 733. The molecule has 0 fully saturated rings. The molecular weight excluding hydrogens is 324 g/mol. The fourth-order valence-corrected chi connectivity index (χ4v) is 2.01. The average Bonchev–Trinajstić information content (AvgIpc) is 2.62. The summed E-state index contributed by atoms with van der Waals surface area (Å²) in [5, 5.41) is 5.35. The summed E-state index contributed by atoms with van der Waals surface area (Å²) < 4.78 is 14.8. The number of ether oxygens (including phenoxy) is 3. The zero-order chi connectivity index (χ0) is 18.1. The first-order chi connectivity index (χ1) is 12.1. The lowest BCUT2D eigenvalue weighted by Gasteiger charge is -2.10. The van der Waals surface area contributed by atoms with Crippen LogP contribution in [0.15, 0.2) is 48.5 Å². The van der Waals surface area contributed by atoms with E-state index in [2.05, 4.69) is 10.6 Å². The van der Waals surface area contributed by atoms with E-state index in [1.54, 1.807) is 48.5 Å². The van der Waals surface area contributed by atoms with E-state index >= 15 is 0 Å². The van der Waals surface area contributed by atoms with Gasteiger partial charge >= 0.3 is 6.09 Å². The first-order valence-corrected chi connectivity index (χ1v) is 7.60. The summed E-state index contributed by atoms with van der Waals surface area (Å²) in [7, 11) is 3.06. The standard InChI is InChI=1S/C18H20N2O5/c1-23-9-10-25-18(22)20-15-7-4-6-14(12-15)19-17(21)13-5-3-8-16(11-13)24-2/h3-8,11-12H,9-10H2,1-2H3,(H,19,21)(H,20,22). The lowest BCUT2D eigenvalue weighted by Crippen LogP contribution is -2.17. The van der Waals surface area contributed by atoms with Gasteiger partial charge in [0, 0.05) is 24.0 Å². The van der Waals surface area contributed by atoms with Crippen molar-refractivity contribution in [2.75, 3.05) is 38.1 Å². The van der Waals surface area contributed by atoms with Gasteiger partial charge in [-0.3, -0.25) is 10.1 Å². The molecule has 0 aliphatic carbocycles. The molecule has 0 saturated carbocycles. The van der Waals surface area contributed by atoms with E-state index in [-0.39, 0.29) is 12.5 Å². The number of nitrogens with one attached hydrogen (secondary N) is 2. The lowest BCUT2D eigenvalue weighted by molar-refractivity contribution is 0.102. The highest BCUT2D eigenvalue weighted by atomic mass is 16.6. The smallest absolute Gasteiger partial charge is 0.411 e. The molecule has 7 heteroatoms. The average molecular weight is 344 g/mol. The van der Waals surface area contributed by atoms with Crippen LogP contribution in [-0.2, 0) is 9.47 Å². The highest BCUT2D eigenvalue weighted by molar-refractivity contribution is 6.04. The lowest BCUT2D eigenvalue weighted by atomic mass is 10.2. The summed E-state index contributed by atoms with van der Waals surface area (Å²) in [6, 6.07) is 13.6. The normalized spacial score (nSPS) is 10.0. The zero-order valence-electron chi connectivity index (χ0n) is 14.1. The van der Waals surface area contributed by atoms with E-state index in [1.807, 2.05) is 0 Å². The SMILES string of the molecule is COCCOC(=O)Nc1cccc(NC(=O)c2cccc(OC)c2)c1. The minimum atomic E-state index is -0.590. The summed E-state index contributed by atoms with van der Waals surface area (Å²) in [4.78, 5) is 23.9. The van der Waals surface area contributed by atoms with Crippen LogP contribution in [0.2, 0.25) is 0 Å². The van der Waals surface area contributed by atoms with Crippen LogP contribution in [0.4, 0.5) is 16.2 Å². The van der Waals surface area contributed by atoms with Crippen LogP contribution in [0.3, 0.4) is 0 Å². The second-order valence-electron chi connectivity index (χ2n) is 5.02. The molecule has 2 aromatic rings. The Hall–Kier alpha value is -3.06. The van der Waals surface area contributed by atoms with Crippen molar-refractivity contribution in [3.8, 4) is 5.75 Å². The predicted molar refractivity (Wildman–Crippen MR) is 94.2 cm³/mol. The molecule has 0 aromatic heterocycles. The number of methoxy groups -OCH3 is 2. The van der Waals surface area contributed by atoms with Gasteiger partial charge in [-0.1, -0.05) is 12.1 Å². The van der Waals surface area contributed by atoms with Crippen molar-refractivity contribution in [1.29, 1.82) is 0 Å². The number of rotatable bonds is 7. The molecule has 0 spiro atoms. The maximum Gasteiger partial charge on any atom is 0.411 e. The number of hydrogen-bond acceptors (Lipinski definition) is 5. The second kappa shape index (κ2) is 9.29. The molecule has 0 atom stereocenters. The van der Waals surface area contributed by atoms with Crippen molar-refractivity contribution >= 4 is 23.4 Å². The fraction of sp³-hybridized carbons (Fsp3) is 0.222. The number of amides is 2. The summed E-state index contributed by atoms with van der Waals surface area (Å²) >= 11 is 0. The van der Waals surface area contributed by atoms with Crippen molar-refractivity contribution in [2.24, 2.45) is 0 Å². The van der Waals surface area contributed by atoms with Crippen LogP contribution in [0.25, 0.3) is 0 Å². The molecule has 0 saturated heterocycles. The van der Waals surface area contributed by atoms with Crippen LogP contribution in [0.5, 0.6) is 5.75 Å². The quantitative estimate of drug-likeness (QED) is 0.754. The highest BCUT2D eigenvalue weighted by Crippen LogP contribution is 2.18. The molecule has 25 heavy (non-hydrogen) atoms. The summed E-state index contributed by atoms with van der Waals surface area (Å²) in [6.45, 7) is 0.485. The molecule has 2 N–H and O–H groups in total. The number of anilines is 2. The summed E-state index contributed by atoms with van der Waals surface area (Å²) in [5.74, 6) is 0.320. The minimum absolute atomic E-state index is 0.161. The van der Waals surface area contributed by atoms with Gasteiger partial charge in [-0.2, -0.15) is 0 Å². The fourth-order valence-electron chi connectivity index (χ4n) is 2.01. The predicted octanol–water partition coefficient (Wildman–Crippen LogP) is 3.14. The Morgan fingerprint density at radius 1 is 0.920 bits per heavy atom. The Labute approximate surface area is 145 Å². The van der Waals surface area contributed by atoms with E-state index in [9.17, 15) is 9.59 Å². The van der Waals surface area contributed by atoms with Crippen LogP contribution < -0.4 is 15.4 Å². The van der Waals surface area contributed by atoms with Gasteiger partial charge in [0.15, 0.2) is 0 Å². The second-order valence-corrected chi connectivity index (χ2v) is 5.02. The van der Waals surface area contributed by atoms with Crippen LogP contribution in [0, 0.1) is 0 Å². The van der Waals surface area contributed by atoms with E-state index in [4.69, 9.17) is 14.2 Å². The first-order valence-electron chi connectivity index (χ1n) is 7.60. The maximum atomic E-state index is 12.3. The third-order valence-corrected chi connectivity index (χ3v) is 3.22.